The molecule has 0 aliphatic rings. The smallest absolute Gasteiger partial charge is 0.192 e. The van der Waals surface area contributed by atoms with Crippen molar-refractivity contribution in [2.24, 2.45) is 11.8 Å². The highest BCUT2D eigenvalue weighted by Crippen LogP contribution is 2.39. The number of aliphatic hydroxyl groups is 1. The average molecular weight is 329 g/mol. The van der Waals surface area contributed by atoms with E-state index in [4.69, 9.17) is 4.43 Å². The summed E-state index contributed by atoms with van der Waals surface area (Å²) < 4.78 is 6.65. The van der Waals surface area contributed by atoms with E-state index in [-0.39, 0.29) is 23.2 Å². The largest absolute Gasteiger partial charge is 0.413 e. The third-order valence-electron chi connectivity index (χ3n) is 5.09. The van der Waals surface area contributed by atoms with Gasteiger partial charge in [0, 0.05) is 5.92 Å². The van der Waals surface area contributed by atoms with Gasteiger partial charge in [-0.25, -0.2) is 0 Å². The van der Waals surface area contributed by atoms with Crippen molar-refractivity contribution in [2.75, 3.05) is 0 Å². The predicted molar refractivity (Wildman–Crippen MR) is 101 cm³/mol. The SMILES string of the molecule is C=C[C@@H]([C@H](O[Si](C)(C)C(C)(C)C)C(C)C)[C@@H](O)CCCCC. The minimum absolute atomic E-state index is 0.0194. The molecule has 0 spiro atoms. The Morgan fingerprint density at radius 2 is 1.73 bits per heavy atom. The Balaban J connectivity index is 5.07. The van der Waals surface area contributed by atoms with Gasteiger partial charge in [0.2, 0.25) is 0 Å². The second kappa shape index (κ2) is 9.24. The van der Waals surface area contributed by atoms with Crippen LogP contribution in [0.2, 0.25) is 18.1 Å². The number of aliphatic hydroxyl groups excluding tert-OH is 1. The zero-order chi connectivity index (χ0) is 17.6. The molecule has 3 atom stereocenters. The lowest BCUT2D eigenvalue weighted by Gasteiger charge is -2.43. The Morgan fingerprint density at radius 1 is 1.18 bits per heavy atom. The van der Waals surface area contributed by atoms with Crippen molar-refractivity contribution in [2.45, 2.75) is 97.6 Å². The van der Waals surface area contributed by atoms with Crippen molar-refractivity contribution in [3.8, 4) is 0 Å². The molecule has 132 valence electrons. The lowest BCUT2D eigenvalue weighted by atomic mass is 9.86. The van der Waals surface area contributed by atoms with Gasteiger partial charge in [-0.3, -0.25) is 0 Å². The first-order chi connectivity index (χ1) is 9.97. The van der Waals surface area contributed by atoms with E-state index in [1.807, 2.05) is 6.08 Å². The van der Waals surface area contributed by atoms with Crippen molar-refractivity contribution in [3.05, 3.63) is 12.7 Å². The van der Waals surface area contributed by atoms with Crippen molar-refractivity contribution in [1.82, 2.24) is 0 Å². The van der Waals surface area contributed by atoms with E-state index in [0.29, 0.717) is 5.92 Å². The van der Waals surface area contributed by atoms with Gasteiger partial charge in [0.1, 0.15) is 0 Å². The Morgan fingerprint density at radius 3 is 2.09 bits per heavy atom. The summed E-state index contributed by atoms with van der Waals surface area (Å²) in [5, 5.41) is 10.8. The second-order valence-corrected chi connectivity index (χ2v) is 13.2. The topological polar surface area (TPSA) is 29.5 Å². The first-order valence-electron chi connectivity index (χ1n) is 8.96. The summed E-state index contributed by atoms with van der Waals surface area (Å²) in [7, 11) is -1.85. The first-order valence-corrected chi connectivity index (χ1v) is 11.9. The van der Waals surface area contributed by atoms with Crippen LogP contribution in [-0.4, -0.2) is 25.6 Å². The Kier molecular flexibility index (Phi) is 9.19. The van der Waals surface area contributed by atoms with E-state index >= 15 is 0 Å². The highest BCUT2D eigenvalue weighted by molar-refractivity contribution is 6.74. The summed E-state index contributed by atoms with van der Waals surface area (Å²) in [6.07, 6.45) is 5.89. The van der Waals surface area contributed by atoms with Crippen LogP contribution < -0.4 is 0 Å². The highest BCUT2D eigenvalue weighted by atomic mass is 28.4. The molecular formula is C19H40O2Si. The van der Waals surface area contributed by atoms with Gasteiger partial charge in [0.15, 0.2) is 8.32 Å². The Bertz CT molecular complexity index is 318. The highest BCUT2D eigenvalue weighted by Gasteiger charge is 2.42. The molecule has 1 N–H and O–H groups in total. The molecule has 3 heteroatoms. The fourth-order valence-electron chi connectivity index (χ4n) is 2.48. The molecule has 0 amide bonds. The van der Waals surface area contributed by atoms with Crippen LogP contribution in [0, 0.1) is 11.8 Å². The van der Waals surface area contributed by atoms with Gasteiger partial charge in [0.05, 0.1) is 12.2 Å². The number of unbranched alkanes of at least 4 members (excludes halogenated alkanes) is 2. The summed E-state index contributed by atoms with van der Waals surface area (Å²) in [4.78, 5) is 0. The van der Waals surface area contributed by atoms with Crippen molar-refractivity contribution in [1.29, 1.82) is 0 Å². The molecule has 0 saturated heterocycles. The Hall–Kier alpha value is -0.123. The monoisotopic (exact) mass is 328 g/mol. The zero-order valence-electron chi connectivity index (χ0n) is 16.3. The molecule has 0 rings (SSSR count). The molecular weight excluding hydrogens is 288 g/mol. The van der Waals surface area contributed by atoms with Gasteiger partial charge in [0.25, 0.3) is 0 Å². The average Bonchev–Trinajstić information content (AvgIpc) is 2.37. The normalized spacial score (nSPS) is 17.4. The van der Waals surface area contributed by atoms with Crippen LogP contribution in [0.5, 0.6) is 0 Å². The third-order valence-corrected chi connectivity index (χ3v) is 9.57. The van der Waals surface area contributed by atoms with E-state index in [9.17, 15) is 5.11 Å². The maximum absolute atomic E-state index is 10.6. The summed E-state index contributed by atoms with van der Waals surface area (Å²) in [5.74, 6) is 0.393. The summed E-state index contributed by atoms with van der Waals surface area (Å²) in [6, 6.07) is 0. The summed E-state index contributed by atoms with van der Waals surface area (Å²) in [5.41, 5.74) is 0. The van der Waals surface area contributed by atoms with Crippen molar-refractivity contribution < 1.29 is 9.53 Å². The molecule has 0 aromatic carbocycles. The van der Waals surface area contributed by atoms with Gasteiger partial charge in [-0.05, 0) is 30.5 Å². The van der Waals surface area contributed by atoms with E-state index in [0.717, 1.165) is 12.8 Å². The van der Waals surface area contributed by atoms with Gasteiger partial charge >= 0.3 is 0 Å². The maximum Gasteiger partial charge on any atom is 0.192 e. The first kappa shape index (κ1) is 21.9. The molecule has 0 aromatic rings. The quantitative estimate of drug-likeness (QED) is 0.313. The van der Waals surface area contributed by atoms with Crippen LogP contribution in [0.1, 0.15) is 67.2 Å². The molecule has 0 heterocycles. The standard InChI is InChI=1S/C19H40O2Si/c1-10-12-13-14-17(20)16(11-2)18(15(3)4)21-22(8,9)19(5,6)7/h11,15-18,20H,2,10,12-14H2,1,3-9H3/t16-,17+,18-/m1/s1. The third kappa shape index (κ3) is 6.55. The number of hydrogen-bond acceptors (Lipinski definition) is 2. The lowest BCUT2D eigenvalue weighted by Crippen LogP contribution is -2.49. The van der Waals surface area contributed by atoms with E-state index < -0.39 is 8.32 Å². The maximum atomic E-state index is 10.6. The van der Waals surface area contributed by atoms with Crippen LogP contribution in [0.4, 0.5) is 0 Å². The van der Waals surface area contributed by atoms with Crippen LogP contribution in [-0.2, 0) is 4.43 Å². The molecule has 0 saturated carbocycles. The second-order valence-electron chi connectivity index (χ2n) is 8.46. The Labute approximate surface area is 140 Å². The molecule has 0 aliphatic heterocycles. The fourth-order valence-corrected chi connectivity index (χ4v) is 3.95. The zero-order valence-corrected chi connectivity index (χ0v) is 17.3. The van der Waals surface area contributed by atoms with E-state index in [1.165, 1.54) is 12.8 Å². The lowest BCUT2D eigenvalue weighted by molar-refractivity contribution is 0.0148. The van der Waals surface area contributed by atoms with Gasteiger partial charge in [-0.1, -0.05) is 66.9 Å². The van der Waals surface area contributed by atoms with Gasteiger partial charge < -0.3 is 9.53 Å². The van der Waals surface area contributed by atoms with E-state index in [1.54, 1.807) is 0 Å². The van der Waals surface area contributed by atoms with Crippen LogP contribution in [0.25, 0.3) is 0 Å². The molecule has 22 heavy (non-hydrogen) atoms. The van der Waals surface area contributed by atoms with Crippen molar-refractivity contribution >= 4 is 8.32 Å². The van der Waals surface area contributed by atoms with Crippen LogP contribution >= 0.6 is 0 Å². The minimum Gasteiger partial charge on any atom is -0.413 e. The van der Waals surface area contributed by atoms with Crippen molar-refractivity contribution in [3.63, 3.8) is 0 Å². The summed E-state index contributed by atoms with van der Waals surface area (Å²) >= 11 is 0. The van der Waals surface area contributed by atoms with Crippen LogP contribution in [0.3, 0.4) is 0 Å². The predicted octanol–water partition coefficient (Wildman–Crippen LogP) is 5.78. The number of rotatable bonds is 10. The van der Waals surface area contributed by atoms with Gasteiger partial charge in [-0.15, -0.1) is 6.58 Å². The fraction of sp³-hybridized carbons (Fsp3) is 0.895. The molecule has 0 aromatic heterocycles. The molecule has 0 unspecified atom stereocenters. The summed E-state index contributed by atoms with van der Waals surface area (Å²) in [6.45, 7) is 21.9. The molecule has 2 nitrogen and oxygen atoms in total. The molecule has 0 bridgehead atoms. The molecule has 0 aliphatic carbocycles. The van der Waals surface area contributed by atoms with E-state index in [2.05, 4.69) is 61.2 Å². The molecule has 0 fully saturated rings. The minimum atomic E-state index is -1.85. The van der Waals surface area contributed by atoms with Crippen LogP contribution in [0.15, 0.2) is 12.7 Å². The van der Waals surface area contributed by atoms with Gasteiger partial charge in [-0.2, -0.15) is 0 Å². The number of hydrogen-bond donors (Lipinski definition) is 1. The molecule has 0 radical (unpaired) electrons.